The molecule has 0 saturated carbocycles. The number of aliphatic imine (C=N–C) groups is 1. The fourth-order valence-corrected chi connectivity index (χ4v) is 2.25. The highest BCUT2D eigenvalue weighted by Crippen LogP contribution is 2.09. The normalized spacial score (nSPS) is 11.0. The van der Waals surface area contributed by atoms with Crippen LogP contribution in [0.25, 0.3) is 0 Å². The predicted octanol–water partition coefficient (Wildman–Crippen LogP) is 2.14. The molecule has 7 heteroatoms. The summed E-state index contributed by atoms with van der Waals surface area (Å²) in [5.41, 5.74) is 1.97. The maximum Gasteiger partial charge on any atom is 0.191 e. The number of rotatable bonds is 8. The molecule has 0 unspecified atom stereocenters. The van der Waals surface area contributed by atoms with Crippen molar-refractivity contribution < 1.29 is 5.11 Å². The first-order chi connectivity index (χ1) is 11.3. The Hall–Kier alpha value is -1.61. The van der Waals surface area contributed by atoms with Crippen molar-refractivity contribution in [3.8, 4) is 0 Å². The van der Waals surface area contributed by atoms with E-state index in [0.717, 1.165) is 43.1 Å². The first-order valence-corrected chi connectivity index (χ1v) is 8.00. The van der Waals surface area contributed by atoms with E-state index in [0.29, 0.717) is 6.54 Å². The van der Waals surface area contributed by atoms with Crippen LogP contribution in [0.15, 0.2) is 47.7 Å². The Bertz CT molecular complexity index is 601. The van der Waals surface area contributed by atoms with Gasteiger partial charge in [0.25, 0.3) is 0 Å². The van der Waals surface area contributed by atoms with Crippen LogP contribution in [0.2, 0.25) is 0 Å². The molecule has 0 amide bonds. The summed E-state index contributed by atoms with van der Waals surface area (Å²) in [6.45, 7) is 5.15. The van der Waals surface area contributed by atoms with Gasteiger partial charge in [0.2, 0.25) is 0 Å². The second-order valence-corrected chi connectivity index (χ2v) is 5.17. The number of aromatic nitrogens is 2. The third-order valence-electron chi connectivity index (χ3n) is 3.46. The van der Waals surface area contributed by atoms with E-state index < -0.39 is 0 Å². The van der Waals surface area contributed by atoms with Gasteiger partial charge in [0.05, 0.1) is 13.2 Å². The summed E-state index contributed by atoms with van der Waals surface area (Å²) in [6.07, 6.45) is 4.72. The van der Waals surface area contributed by atoms with Gasteiger partial charge in [-0.2, -0.15) is 5.10 Å². The van der Waals surface area contributed by atoms with Crippen LogP contribution < -0.4 is 10.6 Å². The predicted molar refractivity (Wildman–Crippen MR) is 107 cm³/mol. The smallest absolute Gasteiger partial charge is 0.191 e. The summed E-state index contributed by atoms with van der Waals surface area (Å²) in [4.78, 5) is 4.59. The van der Waals surface area contributed by atoms with Crippen molar-refractivity contribution in [3.63, 3.8) is 0 Å². The Morgan fingerprint density at radius 2 is 2.00 bits per heavy atom. The number of benzene rings is 1. The summed E-state index contributed by atoms with van der Waals surface area (Å²) in [5, 5.41) is 20.1. The van der Waals surface area contributed by atoms with Gasteiger partial charge < -0.3 is 15.7 Å². The van der Waals surface area contributed by atoms with Crippen molar-refractivity contribution in [2.45, 2.75) is 33.0 Å². The van der Waals surface area contributed by atoms with Crippen LogP contribution in [0.1, 0.15) is 24.5 Å². The van der Waals surface area contributed by atoms with Crippen molar-refractivity contribution in [3.05, 3.63) is 53.9 Å². The lowest BCUT2D eigenvalue weighted by Gasteiger charge is -2.12. The van der Waals surface area contributed by atoms with Gasteiger partial charge in [-0.25, -0.2) is 4.99 Å². The Labute approximate surface area is 160 Å². The number of aryl methyl sites for hydroxylation is 1. The third-order valence-corrected chi connectivity index (χ3v) is 3.46. The van der Waals surface area contributed by atoms with Crippen LogP contribution in [0, 0.1) is 0 Å². The molecule has 1 aromatic heterocycles. The van der Waals surface area contributed by atoms with Crippen LogP contribution in [0.5, 0.6) is 0 Å². The molecule has 1 heterocycles. The fraction of sp³-hybridized carbons (Fsp3) is 0.412. The van der Waals surface area contributed by atoms with Gasteiger partial charge in [-0.15, -0.1) is 24.0 Å². The van der Waals surface area contributed by atoms with Gasteiger partial charge >= 0.3 is 0 Å². The standard InChI is InChI=1S/C17H25N5O.HI/c1-2-18-17(19-9-5-11-22-12-6-10-21-22)20-13-15-7-3-4-8-16(15)14-23;/h3-4,6-8,10,12,23H,2,5,9,11,13-14H2,1H3,(H2,18,19,20);1H. The molecule has 0 radical (unpaired) electrons. The zero-order valence-corrected chi connectivity index (χ0v) is 16.3. The minimum atomic E-state index is 0. The molecule has 2 aromatic rings. The molecule has 24 heavy (non-hydrogen) atoms. The van der Waals surface area contributed by atoms with Crippen molar-refractivity contribution in [2.24, 2.45) is 4.99 Å². The highest BCUT2D eigenvalue weighted by atomic mass is 127. The number of aliphatic hydroxyl groups is 1. The van der Waals surface area contributed by atoms with Gasteiger partial charge in [0.15, 0.2) is 5.96 Å². The Kier molecular flexibility index (Phi) is 10.1. The fourth-order valence-electron chi connectivity index (χ4n) is 2.25. The first kappa shape index (κ1) is 20.4. The molecule has 0 spiro atoms. The number of hydrogen-bond acceptors (Lipinski definition) is 3. The molecule has 0 fully saturated rings. The van der Waals surface area contributed by atoms with E-state index >= 15 is 0 Å². The number of nitrogens with zero attached hydrogens (tertiary/aromatic N) is 3. The summed E-state index contributed by atoms with van der Waals surface area (Å²) in [6, 6.07) is 9.75. The minimum Gasteiger partial charge on any atom is -0.392 e. The highest BCUT2D eigenvalue weighted by Gasteiger charge is 2.01. The lowest BCUT2D eigenvalue weighted by atomic mass is 10.1. The molecule has 1 aromatic carbocycles. The third kappa shape index (κ3) is 6.88. The average Bonchev–Trinajstić information content (AvgIpc) is 3.10. The quantitative estimate of drug-likeness (QED) is 0.253. The highest BCUT2D eigenvalue weighted by molar-refractivity contribution is 14.0. The lowest BCUT2D eigenvalue weighted by molar-refractivity contribution is 0.280. The average molecular weight is 443 g/mol. The van der Waals surface area contributed by atoms with Gasteiger partial charge in [-0.1, -0.05) is 24.3 Å². The topological polar surface area (TPSA) is 74.5 Å². The zero-order valence-electron chi connectivity index (χ0n) is 14.0. The van der Waals surface area contributed by atoms with E-state index in [1.807, 2.05) is 48.1 Å². The summed E-state index contributed by atoms with van der Waals surface area (Å²) in [7, 11) is 0. The maximum atomic E-state index is 9.36. The molecule has 6 nitrogen and oxygen atoms in total. The molecule has 0 aliphatic heterocycles. The molecule has 2 rings (SSSR count). The van der Waals surface area contributed by atoms with E-state index in [1.54, 1.807) is 6.20 Å². The zero-order chi connectivity index (χ0) is 16.3. The van der Waals surface area contributed by atoms with E-state index in [4.69, 9.17) is 0 Å². The largest absolute Gasteiger partial charge is 0.392 e. The van der Waals surface area contributed by atoms with Crippen LogP contribution in [0.3, 0.4) is 0 Å². The molecule has 0 aliphatic rings. The van der Waals surface area contributed by atoms with Gasteiger partial charge in [-0.05, 0) is 30.5 Å². The molecular weight excluding hydrogens is 417 g/mol. The summed E-state index contributed by atoms with van der Waals surface area (Å²) < 4.78 is 1.92. The van der Waals surface area contributed by atoms with Gasteiger partial charge in [-0.3, -0.25) is 4.68 Å². The van der Waals surface area contributed by atoms with Gasteiger partial charge in [0, 0.05) is 32.0 Å². The van der Waals surface area contributed by atoms with Crippen LogP contribution >= 0.6 is 24.0 Å². The van der Waals surface area contributed by atoms with E-state index in [9.17, 15) is 5.11 Å². The SMILES string of the molecule is CCNC(=NCc1ccccc1CO)NCCCn1cccn1.I. The van der Waals surface area contributed by atoms with E-state index in [2.05, 4.69) is 20.7 Å². The number of hydrogen-bond donors (Lipinski definition) is 3. The molecule has 0 atom stereocenters. The van der Waals surface area contributed by atoms with Crippen molar-refractivity contribution in [2.75, 3.05) is 13.1 Å². The van der Waals surface area contributed by atoms with Crippen molar-refractivity contribution >= 4 is 29.9 Å². The first-order valence-electron chi connectivity index (χ1n) is 8.00. The molecule has 0 bridgehead atoms. The Morgan fingerprint density at radius 1 is 1.21 bits per heavy atom. The number of guanidine groups is 1. The summed E-state index contributed by atoms with van der Waals surface area (Å²) >= 11 is 0. The number of nitrogens with one attached hydrogen (secondary N) is 2. The molecule has 0 saturated heterocycles. The Balaban J connectivity index is 0.00000288. The van der Waals surface area contributed by atoms with Crippen molar-refractivity contribution in [1.82, 2.24) is 20.4 Å². The van der Waals surface area contributed by atoms with Crippen LogP contribution in [-0.4, -0.2) is 33.9 Å². The molecule has 132 valence electrons. The second-order valence-electron chi connectivity index (χ2n) is 5.17. The van der Waals surface area contributed by atoms with Crippen molar-refractivity contribution in [1.29, 1.82) is 0 Å². The minimum absolute atomic E-state index is 0. The van der Waals surface area contributed by atoms with Gasteiger partial charge in [0.1, 0.15) is 0 Å². The maximum absolute atomic E-state index is 9.36. The van der Waals surface area contributed by atoms with E-state index in [-0.39, 0.29) is 30.6 Å². The Morgan fingerprint density at radius 3 is 2.67 bits per heavy atom. The molecular formula is C17H26IN5O. The van der Waals surface area contributed by atoms with Crippen LogP contribution in [0.4, 0.5) is 0 Å². The molecule has 0 aliphatic carbocycles. The van der Waals surface area contributed by atoms with E-state index in [1.165, 1.54) is 0 Å². The molecule has 3 N–H and O–H groups in total. The monoisotopic (exact) mass is 443 g/mol. The second kappa shape index (κ2) is 11.9. The lowest BCUT2D eigenvalue weighted by Crippen LogP contribution is -2.38. The summed E-state index contributed by atoms with van der Waals surface area (Å²) in [5.74, 6) is 0.792. The van der Waals surface area contributed by atoms with Crippen LogP contribution in [-0.2, 0) is 19.7 Å². The number of aliphatic hydroxyl groups excluding tert-OH is 1. The number of halogens is 1.